The topological polar surface area (TPSA) is 110 Å². The Bertz CT molecular complexity index is 1650. The molecule has 5 rings (SSSR count). The molecule has 0 aliphatic heterocycles. The van der Waals surface area contributed by atoms with E-state index >= 15 is 0 Å². The van der Waals surface area contributed by atoms with Gasteiger partial charge in [0.05, 0.1) is 34.4 Å². The third-order valence-electron chi connectivity index (χ3n) is 5.83. The minimum Gasteiger partial charge on any atom is -0.507 e. The van der Waals surface area contributed by atoms with Crippen molar-refractivity contribution in [3.05, 3.63) is 110 Å². The second-order valence-corrected chi connectivity index (χ2v) is 8.02. The van der Waals surface area contributed by atoms with Crippen LogP contribution < -0.4 is 16.0 Å². The smallest absolute Gasteiger partial charge is 0.344 e. The first-order valence-corrected chi connectivity index (χ1v) is 10.9. The summed E-state index contributed by atoms with van der Waals surface area (Å²) in [4.78, 5) is 26.3. The number of benzene rings is 3. The van der Waals surface area contributed by atoms with E-state index in [0.717, 1.165) is 24.3 Å². The molecule has 0 saturated heterocycles. The summed E-state index contributed by atoms with van der Waals surface area (Å²) in [6, 6.07) is 12.7. The zero-order chi connectivity index (χ0) is 25.6. The maximum Gasteiger partial charge on any atom is 0.344 e. The average molecular weight is 492 g/mol. The number of ether oxygens (including phenoxy) is 1. The van der Waals surface area contributed by atoms with Gasteiger partial charge < -0.3 is 23.8 Å². The lowest BCUT2D eigenvalue weighted by Crippen LogP contribution is -2.21. The van der Waals surface area contributed by atoms with Gasteiger partial charge in [0.25, 0.3) is 0 Å². The summed E-state index contributed by atoms with van der Waals surface area (Å²) in [6.07, 6.45) is 0. The van der Waals surface area contributed by atoms with Crippen molar-refractivity contribution in [2.45, 2.75) is 12.8 Å². The van der Waals surface area contributed by atoms with E-state index in [-0.39, 0.29) is 27.5 Å². The van der Waals surface area contributed by atoms with Crippen LogP contribution in [-0.4, -0.2) is 16.8 Å². The standard InChI is InChI=1S/C27H18F2O7/c1-2-34-16-5-3-4-13(10-16)21(22-24(30)17-11-14(28)6-8-19(17)35-26(22)32)23-25(31)18-12-15(29)7-9-20(18)36-27(23)33/h3-12,21,30-31H,2H2,1H3. The summed E-state index contributed by atoms with van der Waals surface area (Å²) in [5.74, 6) is -3.76. The molecule has 0 fully saturated rings. The van der Waals surface area contributed by atoms with E-state index in [2.05, 4.69) is 0 Å². The zero-order valence-corrected chi connectivity index (χ0v) is 18.7. The molecule has 3 aromatic carbocycles. The van der Waals surface area contributed by atoms with Gasteiger partial charge >= 0.3 is 11.3 Å². The lowest BCUT2D eigenvalue weighted by Gasteiger charge is -2.20. The highest BCUT2D eigenvalue weighted by atomic mass is 19.1. The molecular formula is C27H18F2O7. The maximum atomic E-state index is 14.0. The van der Waals surface area contributed by atoms with Crippen LogP contribution in [0.5, 0.6) is 17.2 Å². The van der Waals surface area contributed by atoms with Crippen molar-refractivity contribution >= 4 is 21.9 Å². The highest BCUT2D eigenvalue weighted by Crippen LogP contribution is 2.42. The van der Waals surface area contributed by atoms with Crippen LogP contribution in [0.3, 0.4) is 0 Å². The molecule has 182 valence electrons. The monoisotopic (exact) mass is 492 g/mol. The van der Waals surface area contributed by atoms with Crippen molar-refractivity contribution in [3.63, 3.8) is 0 Å². The molecule has 2 aromatic heterocycles. The second kappa shape index (κ2) is 8.84. The molecule has 0 aliphatic carbocycles. The Balaban J connectivity index is 1.90. The Kier molecular flexibility index (Phi) is 5.68. The molecule has 0 bridgehead atoms. The third kappa shape index (κ3) is 3.84. The van der Waals surface area contributed by atoms with E-state index in [0.29, 0.717) is 12.4 Å². The molecule has 0 saturated carbocycles. The fourth-order valence-corrected chi connectivity index (χ4v) is 4.28. The van der Waals surface area contributed by atoms with Gasteiger partial charge in [-0.2, -0.15) is 0 Å². The predicted molar refractivity (Wildman–Crippen MR) is 127 cm³/mol. The van der Waals surface area contributed by atoms with Gasteiger partial charge in [-0.05, 0) is 61.0 Å². The number of hydrogen-bond donors (Lipinski definition) is 2. The Labute approximate surface area is 201 Å². The molecule has 2 N–H and O–H groups in total. The lowest BCUT2D eigenvalue weighted by atomic mass is 9.84. The third-order valence-corrected chi connectivity index (χ3v) is 5.83. The molecule has 7 nitrogen and oxygen atoms in total. The summed E-state index contributed by atoms with van der Waals surface area (Å²) < 4.78 is 44.2. The van der Waals surface area contributed by atoms with Crippen molar-refractivity contribution in [1.29, 1.82) is 0 Å². The van der Waals surface area contributed by atoms with E-state index in [9.17, 15) is 28.6 Å². The highest BCUT2D eigenvalue weighted by molar-refractivity contribution is 5.87. The Morgan fingerprint density at radius 1 is 0.806 bits per heavy atom. The van der Waals surface area contributed by atoms with Crippen molar-refractivity contribution in [3.8, 4) is 17.2 Å². The van der Waals surface area contributed by atoms with E-state index in [1.165, 1.54) is 24.3 Å². The largest absolute Gasteiger partial charge is 0.507 e. The van der Waals surface area contributed by atoms with E-state index in [1.54, 1.807) is 19.1 Å². The van der Waals surface area contributed by atoms with Crippen LogP contribution in [0.2, 0.25) is 0 Å². The quantitative estimate of drug-likeness (QED) is 0.326. The van der Waals surface area contributed by atoms with Gasteiger partial charge in [-0.25, -0.2) is 18.4 Å². The SMILES string of the molecule is CCOc1cccc(C(c2c(O)c3cc(F)ccc3oc2=O)c2c(O)c3cc(F)ccc3oc2=O)c1. The summed E-state index contributed by atoms with van der Waals surface area (Å²) in [5.41, 5.74) is -2.87. The first kappa shape index (κ1) is 23.1. The number of rotatable bonds is 5. The van der Waals surface area contributed by atoms with E-state index in [1.807, 2.05) is 0 Å². The van der Waals surface area contributed by atoms with Crippen LogP contribution in [0, 0.1) is 11.6 Å². The van der Waals surface area contributed by atoms with Gasteiger partial charge in [0, 0.05) is 0 Å². The number of fused-ring (bicyclic) bond motifs is 2. The van der Waals surface area contributed by atoms with Crippen LogP contribution in [0.4, 0.5) is 8.78 Å². The molecule has 5 aromatic rings. The van der Waals surface area contributed by atoms with Crippen molar-refractivity contribution in [2.24, 2.45) is 0 Å². The fraction of sp³-hybridized carbons (Fsp3) is 0.111. The number of halogens is 2. The first-order valence-electron chi connectivity index (χ1n) is 10.9. The van der Waals surface area contributed by atoms with Gasteiger partial charge in [0.15, 0.2) is 0 Å². The normalized spacial score (nSPS) is 11.4. The van der Waals surface area contributed by atoms with Crippen LogP contribution in [-0.2, 0) is 0 Å². The van der Waals surface area contributed by atoms with Crippen molar-refractivity contribution < 1.29 is 32.6 Å². The minimum atomic E-state index is -1.45. The van der Waals surface area contributed by atoms with Crippen molar-refractivity contribution in [2.75, 3.05) is 6.61 Å². The second-order valence-electron chi connectivity index (χ2n) is 8.02. The summed E-state index contributed by atoms with van der Waals surface area (Å²) >= 11 is 0. The van der Waals surface area contributed by atoms with Crippen LogP contribution in [0.1, 0.15) is 29.5 Å². The maximum absolute atomic E-state index is 14.0. The van der Waals surface area contributed by atoms with Gasteiger partial charge in [0.2, 0.25) is 0 Å². The first-order chi connectivity index (χ1) is 17.3. The molecule has 0 spiro atoms. The van der Waals surface area contributed by atoms with Gasteiger partial charge in [0.1, 0.15) is 40.0 Å². The zero-order valence-electron chi connectivity index (χ0n) is 18.7. The minimum absolute atomic E-state index is 0.0821. The summed E-state index contributed by atoms with van der Waals surface area (Å²) in [7, 11) is 0. The molecule has 36 heavy (non-hydrogen) atoms. The van der Waals surface area contributed by atoms with Gasteiger partial charge in [-0.1, -0.05) is 12.1 Å². The van der Waals surface area contributed by atoms with E-state index < -0.39 is 51.4 Å². The van der Waals surface area contributed by atoms with E-state index in [4.69, 9.17) is 13.6 Å². The molecule has 0 aliphatic rings. The molecule has 0 unspecified atom stereocenters. The summed E-state index contributed by atoms with van der Waals surface area (Å²) in [6.45, 7) is 2.08. The van der Waals surface area contributed by atoms with Crippen LogP contribution >= 0.6 is 0 Å². The molecule has 0 atom stereocenters. The van der Waals surface area contributed by atoms with Gasteiger partial charge in [-0.15, -0.1) is 0 Å². The fourth-order valence-electron chi connectivity index (χ4n) is 4.28. The molecule has 2 heterocycles. The summed E-state index contributed by atoms with van der Waals surface area (Å²) in [5, 5.41) is 22.0. The molecule has 0 radical (unpaired) electrons. The number of hydrogen-bond acceptors (Lipinski definition) is 7. The molecule has 0 amide bonds. The van der Waals surface area contributed by atoms with Crippen molar-refractivity contribution in [1.82, 2.24) is 0 Å². The Morgan fingerprint density at radius 3 is 1.83 bits per heavy atom. The Morgan fingerprint density at radius 2 is 1.33 bits per heavy atom. The number of aromatic hydroxyl groups is 2. The Hall–Kier alpha value is -4.66. The van der Waals surface area contributed by atoms with Crippen LogP contribution in [0.15, 0.2) is 79.1 Å². The highest BCUT2D eigenvalue weighted by Gasteiger charge is 2.33. The molecule has 9 heteroatoms. The van der Waals surface area contributed by atoms with Gasteiger partial charge in [-0.3, -0.25) is 0 Å². The lowest BCUT2D eigenvalue weighted by molar-refractivity contribution is 0.339. The predicted octanol–water partition coefficient (Wildman–Crippen LogP) is 5.17. The van der Waals surface area contributed by atoms with Crippen LogP contribution in [0.25, 0.3) is 21.9 Å². The molecular weight excluding hydrogens is 474 g/mol. The average Bonchev–Trinajstić information content (AvgIpc) is 2.84.